The molecule has 3 aromatic rings. The lowest BCUT2D eigenvalue weighted by Gasteiger charge is -2.32. The van der Waals surface area contributed by atoms with E-state index in [0.717, 1.165) is 22.6 Å². The fourth-order valence-corrected chi connectivity index (χ4v) is 9.06. The number of hydroxylamine groups is 2. The zero-order chi connectivity index (χ0) is 43.8. The summed E-state index contributed by atoms with van der Waals surface area (Å²) in [5.41, 5.74) is 3.10. The lowest BCUT2D eigenvalue weighted by atomic mass is 9.80. The van der Waals surface area contributed by atoms with Crippen LogP contribution in [-0.4, -0.2) is 66.3 Å². The number of carbonyl (C=O) groups excluding carboxylic acids is 3. The maximum absolute atomic E-state index is 12.3. The second-order valence-corrected chi connectivity index (χ2v) is 18.8. The number of imide groups is 1. The number of anilines is 2. The number of fused-ring (bicyclic) bond motifs is 2. The van der Waals surface area contributed by atoms with Gasteiger partial charge in [-0.25, -0.2) is 4.79 Å². The summed E-state index contributed by atoms with van der Waals surface area (Å²) in [6, 6.07) is 14.8. The van der Waals surface area contributed by atoms with E-state index in [1.165, 1.54) is 36.4 Å². The third-order valence-electron chi connectivity index (χ3n) is 11.2. The summed E-state index contributed by atoms with van der Waals surface area (Å²) < 4.78 is 68.1. The maximum atomic E-state index is 12.3. The highest BCUT2D eigenvalue weighted by atomic mass is 32.2. The molecule has 2 amide bonds. The molecule has 3 aliphatic heterocycles. The van der Waals surface area contributed by atoms with Gasteiger partial charge in [-0.2, -0.15) is 16.8 Å². The second-order valence-electron chi connectivity index (χ2n) is 16.0. The summed E-state index contributed by atoms with van der Waals surface area (Å²) in [4.78, 5) is 55.4. The molecule has 0 aromatic heterocycles. The Morgan fingerprint density at radius 1 is 0.833 bits per heavy atom. The van der Waals surface area contributed by atoms with Crippen molar-refractivity contribution in [3.63, 3.8) is 0 Å². The van der Waals surface area contributed by atoms with Gasteiger partial charge in [-0.15, -0.1) is 5.06 Å². The summed E-state index contributed by atoms with van der Waals surface area (Å²) in [5, 5.41) is 11.8. The molecule has 18 heteroatoms. The fourth-order valence-electron chi connectivity index (χ4n) is 8.05. The first-order chi connectivity index (χ1) is 28.1. The standard InChI is InChI=1S/C42H46N4O12S2/c1-41(2)32-25-30(59(52,53)54)18-20-34(32)43(24-10-6-9-13-40(49)58-45-38(47)22-23-39(45)48)36(41)11-7-5-8-12-37-42(3,4)33-26-31(60(55,56)57)19-21-35(33)44(37)27-28-14-16-29(17-15-28)46(50)51/h5,7-8,11-12,14-21,25-26,37H,6,9-10,13,22-24,27H2,1-4H3,(H,52,53,54)(H,55,56,57)/b7-5+,12-8+,36-11+. The first-order valence-corrected chi connectivity index (χ1v) is 22.1. The van der Waals surface area contributed by atoms with Crippen molar-refractivity contribution in [3.8, 4) is 0 Å². The van der Waals surface area contributed by atoms with Gasteiger partial charge in [0.2, 0.25) is 0 Å². The Balaban J connectivity index is 1.23. The van der Waals surface area contributed by atoms with Crippen molar-refractivity contribution in [1.29, 1.82) is 0 Å². The molecule has 1 atom stereocenters. The van der Waals surface area contributed by atoms with Crippen molar-refractivity contribution < 1.29 is 50.1 Å². The molecule has 1 saturated heterocycles. The predicted octanol–water partition coefficient (Wildman–Crippen LogP) is 6.72. The Hall–Kier alpha value is -5.69. The highest BCUT2D eigenvalue weighted by molar-refractivity contribution is 7.86. The van der Waals surface area contributed by atoms with Crippen molar-refractivity contribution in [3.05, 3.63) is 124 Å². The molecule has 1 fully saturated rings. The van der Waals surface area contributed by atoms with Crippen molar-refractivity contribution in [2.75, 3.05) is 16.3 Å². The summed E-state index contributed by atoms with van der Waals surface area (Å²) in [6.45, 7) is 8.65. The highest BCUT2D eigenvalue weighted by Gasteiger charge is 2.44. The molecule has 6 rings (SSSR count). The van der Waals surface area contributed by atoms with Crippen LogP contribution in [0.2, 0.25) is 0 Å². The predicted molar refractivity (Wildman–Crippen MR) is 221 cm³/mol. The van der Waals surface area contributed by atoms with Gasteiger partial charge in [-0.3, -0.25) is 28.8 Å². The van der Waals surface area contributed by atoms with Crippen molar-refractivity contribution in [2.24, 2.45) is 0 Å². The number of nitro benzene ring substituents is 1. The van der Waals surface area contributed by atoms with Crippen LogP contribution in [0.4, 0.5) is 17.1 Å². The average molecular weight is 863 g/mol. The number of non-ortho nitro benzene ring substituents is 1. The minimum atomic E-state index is -4.48. The lowest BCUT2D eigenvalue weighted by molar-refractivity contribution is -0.384. The molecule has 1 unspecified atom stereocenters. The van der Waals surface area contributed by atoms with Crippen LogP contribution in [0.15, 0.2) is 107 Å². The summed E-state index contributed by atoms with van der Waals surface area (Å²) in [5.74, 6) is -1.77. The highest BCUT2D eigenvalue weighted by Crippen LogP contribution is 2.49. The van der Waals surface area contributed by atoms with Crippen LogP contribution in [0.3, 0.4) is 0 Å². The number of hydrogen-bond acceptors (Lipinski definition) is 12. The van der Waals surface area contributed by atoms with E-state index in [9.17, 15) is 50.4 Å². The molecule has 0 bridgehead atoms. The smallest absolute Gasteiger partial charge is 0.333 e. The number of amides is 2. The molecule has 0 radical (unpaired) electrons. The molecule has 2 N–H and O–H groups in total. The van der Waals surface area contributed by atoms with Gasteiger partial charge in [0.15, 0.2) is 0 Å². The number of rotatable bonds is 15. The first-order valence-electron chi connectivity index (χ1n) is 19.2. The summed E-state index contributed by atoms with van der Waals surface area (Å²) in [7, 11) is -8.97. The van der Waals surface area contributed by atoms with Gasteiger partial charge in [0, 0.05) is 72.4 Å². The Morgan fingerprint density at radius 3 is 2.03 bits per heavy atom. The molecule has 0 spiro atoms. The number of carbonyl (C=O) groups is 3. The van der Waals surface area contributed by atoms with Crippen LogP contribution >= 0.6 is 0 Å². The van der Waals surface area contributed by atoms with Crippen molar-refractivity contribution >= 4 is 55.1 Å². The molecular weight excluding hydrogens is 817 g/mol. The minimum Gasteiger partial charge on any atom is -0.360 e. The topological polar surface area (TPSA) is 222 Å². The Labute approximate surface area is 348 Å². The van der Waals surface area contributed by atoms with Gasteiger partial charge in [0.05, 0.1) is 20.8 Å². The SMILES string of the molecule is CC1(C)\C(=C/C=C/C=C/C2N(Cc3ccc([N+](=O)[O-])cc3)c3ccc(S(=O)(=O)O)cc3C2(C)C)N(CCCCCC(=O)ON2C(=O)CCC2=O)c2ccc(S(=O)(=O)O)cc21. The van der Waals surface area contributed by atoms with Crippen LogP contribution in [-0.2, 0) is 56.8 Å². The number of benzene rings is 3. The normalized spacial score (nSPS) is 19.2. The zero-order valence-corrected chi connectivity index (χ0v) is 35.1. The second kappa shape index (κ2) is 16.8. The van der Waals surface area contributed by atoms with E-state index < -0.39 is 53.8 Å². The number of allylic oxidation sites excluding steroid dienone is 5. The molecule has 3 aromatic carbocycles. The molecule has 3 heterocycles. The van der Waals surface area contributed by atoms with Gasteiger partial charge in [-0.1, -0.05) is 70.6 Å². The Morgan fingerprint density at radius 2 is 1.43 bits per heavy atom. The monoisotopic (exact) mass is 862 g/mol. The van der Waals surface area contributed by atoms with E-state index in [2.05, 4.69) is 9.80 Å². The van der Waals surface area contributed by atoms with Gasteiger partial charge < -0.3 is 14.6 Å². The molecule has 318 valence electrons. The molecule has 0 aliphatic carbocycles. The van der Waals surface area contributed by atoms with Crippen molar-refractivity contribution in [1.82, 2.24) is 5.06 Å². The third kappa shape index (κ3) is 9.06. The summed E-state index contributed by atoms with van der Waals surface area (Å²) in [6.07, 6.45) is 11.1. The summed E-state index contributed by atoms with van der Waals surface area (Å²) >= 11 is 0. The molecule has 60 heavy (non-hydrogen) atoms. The first kappa shape index (κ1) is 43.9. The van der Waals surface area contributed by atoms with Crippen LogP contribution < -0.4 is 9.80 Å². The maximum Gasteiger partial charge on any atom is 0.333 e. The van der Waals surface area contributed by atoms with E-state index in [1.807, 2.05) is 58.1 Å². The molecular formula is C42H46N4O12S2. The third-order valence-corrected chi connectivity index (χ3v) is 12.9. The van der Waals surface area contributed by atoms with Crippen LogP contribution in [0.5, 0.6) is 0 Å². The van der Waals surface area contributed by atoms with E-state index in [-0.39, 0.29) is 40.8 Å². The number of nitrogens with zero attached hydrogens (tertiary/aromatic N) is 4. The molecule has 3 aliphatic rings. The average Bonchev–Trinajstić information content (AvgIpc) is 3.68. The fraction of sp³-hybridized carbons (Fsp3) is 0.357. The van der Waals surface area contributed by atoms with E-state index in [4.69, 9.17) is 4.84 Å². The van der Waals surface area contributed by atoms with E-state index >= 15 is 0 Å². The zero-order valence-electron chi connectivity index (χ0n) is 33.5. The lowest BCUT2D eigenvalue weighted by Crippen LogP contribution is -2.39. The van der Waals surface area contributed by atoms with Crippen LogP contribution in [0.1, 0.15) is 82.9 Å². The van der Waals surface area contributed by atoms with Crippen LogP contribution in [0, 0.1) is 10.1 Å². The molecule has 16 nitrogen and oxygen atoms in total. The van der Waals surface area contributed by atoms with Gasteiger partial charge >= 0.3 is 5.97 Å². The number of nitro groups is 1. The van der Waals surface area contributed by atoms with E-state index in [1.54, 1.807) is 24.3 Å². The largest absolute Gasteiger partial charge is 0.360 e. The number of hydrogen-bond donors (Lipinski definition) is 2. The number of unbranched alkanes of at least 4 members (excludes halogenated alkanes) is 2. The van der Waals surface area contributed by atoms with Crippen molar-refractivity contribution in [2.45, 2.75) is 99.4 Å². The Bertz CT molecular complexity index is 2530. The van der Waals surface area contributed by atoms with E-state index in [0.29, 0.717) is 48.5 Å². The van der Waals surface area contributed by atoms with Gasteiger partial charge in [-0.05, 0) is 72.0 Å². The van der Waals surface area contributed by atoms with Crippen LogP contribution in [0.25, 0.3) is 0 Å². The van der Waals surface area contributed by atoms with Gasteiger partial charge in [0.1, 0.15) is 0 Å². The Kier molecular flexibility index (Phi) is 12.3. The molecule has 0 saturated carbocycles. The minimum absolute atomic E-state index is 0.00448. The quantitative estimate of drug-likeness (QED) is 0.0405. The van der Waals surface area contributed by atoms with Gasteiger partial charge in [0.25, 0.3) is 37.7 Å².